The van der Waals surface area contributed by atoms with Gasteiger partial charge in [0.05, 0.1) is 6.54 Å². The largest absolute Gasteiger partial charge is 0.383 e. The van der Waals surface area contributed by atoms with Crippen LogP contribution in [0.4, 0.5) is 5.69 Å². The molecule has 1 heterocycles. The number of amides is 1. The third kappa shape index (κ3) is 3.79. The number of rotatable bonds is 6. The first-order chi connectivity index (χ1) is 11.0. The highest BCUT2D eigenvalue weighted by molar-refractivity contribution is 7.71. The molecule has 1 aliphatic rings. The number of hydrogen-bond acceptors (Lipinski definition) is 4. The number of anilines is 1. The van der Waals surface area contributed by atoms with Crippen molar-refractivity contribution >= 4 is 23.8 Å². The van der Waals surface area contributed by atoms with Gasteiger partial charge in [0.1, 0.15) is 0 Å². The number of carbonyl (C=O) groups is 1. The number of aromatic nitrogens is 3. The van der Waals surface area contributed by atoms with Gasteiger partial charge in [-0.05, 0) is 57.1 Å². The van der Waals surface area contributed by atoms with E-state index < -0.39 is 0 Å². The molecule has 6 nitrogen and oxygen atoms in total. The van der Waals surface area contributed by atoms with Crippen molar-refractivity contribution in [3.63, 3.8) is 0 Å². The van der Waals surface area contributed by atoms with Crippen LogP contribution in [0, 0.1) is 4.77 Å². The Morgan fingerprint density at radius 1 is 1.48 bits per heavy atom. The van der Waals surface area contributed by atoms with Crippen molar-refractivity contribution in [1.29, 1.82) is 0 Å². The van der Waals surface area contributed by atoms with Crippen LogP contribution in [0.5, 0.6) is 0 Å². The number of benzene rings is 1. The smallest absolute Gasteiger partial charge is 0.251 e. The molecule has 1 fully saturated rings. The van der Waals surface area contributed by atoms with Gasteiger partial charge >= 0.3 is 0 Å². The van der Waals surface area contributed by atoms with E-state index >= 15 is 0 Å². The summed E-state index contributed by atoms with van der Waals surface area (Å²) in [6, 6.07) is 8.24. The second kappa shape index (κ2) is 6.54. The lowest BCUT2D eigenvalue weighted by Crippen LogP contribution is -2.25. The first kappa shape index (κ1) is 15.7. The quantitative estimate of drug-likeness (QED) is 0.711. The van der Waals surface area contributed by atoms with Crippen molar-refractivity contribution < 1.29 is 4.79 Å². The van der Waals surface area contributed by atoms with E-state index in [0.29, 0.717) is 29.0 Å². The Morgan fingerprint density at radius 3 is 2.96 bits per heavy atom. The molecule has 1 aliphatic carbocycles. The van der Waals surface area contributed by atoms with Gasteiger partial charge in [0.25, 0.3) is 5.91 Å². The number of H-pyrrole nitrogens is 1. The van der Waals surface area contributed by atoms with Crippen LogP contribution in [0.1, 0.15) is 48.9 Å². The third-order valence-electron chi connectivity index (χ3n) is 3.68. The molecule has 1 amide bonds. The van der Waals surface area contributed by atoms with Gasteiger partial charge < -0.3 is 10.6 Å². The van der Waals surface area contributed by atoms with Crippen LogP contribution in [0.15, 0.2) is 24.3 Å². The molecular weight excluding hydrogens is 310 g/mol. The lowest BCUT2D eigenvalue weighted by Gasteiger charge is -2.11. The second-order valence-corrected chi connectivity index (χ2v) is 6.50. The van der Waals surface area contributed by atoms with Gasteiger partial charge in [-0.25, -0.2) is 0 Å². The highest BCUT2D eigenvalue weighted by atomic mass is 32.1. The Kier molecular flexibility index (Phi) is 4.47. The molecule has 0 bridgehead atoms. The van der Waals surface area contributed by atoms with Crippen LogP contribution in [0.2, 0.25) is 0 Å². The lowest BCUT2D eigenvalue weighted by atomic mass is 10.2. The van der Waals surface area contributed by atoms with E-state index in [4.69, 9.17) is 12.2 Å². The molecule has 0 atom stereocenters. The molecule has 3 N–H and O–H groups in total. The SMILES string of the molecule is CC(C)Nc1cccc(C(=O)NCc2n[nH]c(=S)n2C2CC2)c1. The molecule has 3 rings (SSSR count). The molecule has 0 spiro atoms. The van der Waals surface area contributed by atoms with Gasteiger partial charge in [-0.3, -0.25) is 14.5 Å². The van der Waals surface area contributed by atoms with Crippen LogP contribution < -0.4 is 10.6 Å². The van der Waals surface area contributed by atoms with E-state index in [0.717, 1.165) is 24.4 Å². The summed E-state index contributed by atoms with van der Waals surface area (Å²) in [5.41, 5.74) is 1.57. The Morgan fingerprint density at radius 2 is 2.26 bits per heavy atom. The van der Waals surface area contributed by atoms with E-state index in [1.54, 1.807) is 6.07 Å². The van der Waals surface area contributed by atoms with Crippen LogP contribution in [0.3, 0.4) is 0 Å². The summed E-state index contributed by atoms with van der Waals surface area (Å²) in [6.07, 6.45) is 2.25. The fourth-order valence-electron chi connectivity index (χ4n) is 2.52. The van der Waals surface area contributed by atoms with Crippen LogP contribution in [-0.4, -0.2) is 26.7 Å². The predicted molar refractivity (Wildman–Crippen MR) is 92.1 cm³/mol. The average Bonchev–Trinajstić information content (AvgIpc) is 3.28. The molecule has 2 aromatic rings. The molecule has 1 aromatic heterocycles. The van der Waals surface area contributed by atoms with E-state index in [1.807, 2.05) is 22.8 Å². The number of hydrogen-bond donors (Lipinski definition) is 3. The number of nitrogens with one attached hydrogen (secondary N) is 3. The van der Waals surface area contributed by atoms with Crippen molar-refractivity contribution in [3.05, 3.63) is 40.4 Å². The Balaban J connectivity index is 1.67. The topological polar surface area (TPSA) is 74.7 Å². The van der Waals surface area contributed by atoms with Crippen LogP contribution in [0.25, 0.3) is 0 Å². The summed E-state index contributed by atoms with van der Waals surface area (Å²) < 4.78 is 2.63. The Hall–Kier alpha value is -2.15. The van der Waals surface area contributed by atoms with Crippen molar-refractivity contribution in [3.8, 4) is 0 Å². The van der Waals surface area contributed by atoms with Crippen molar-refractivity contribution in [2.75, 3.05) is 5.32 Å². The first-order valence-corrected chi connectivity index (χ1v) is 8.26. The maximum Gasteiger partial charge on any atom is 0.251 e. The molecule has 0 radical (unpaired) electrons. The van der Waals surface area contributed by atoms with Crippen molar-refractivity contribution in [2.24, 2.45) is 0 Å². The minimum atomic E-state index is -0.117. The molecule has 0 saturated heterocycles. The Bertz CT molecular complexity index is 760. The van der Waals surface area contributed by atoms with Gasteiger partial charge in [0.15, 0.2) is 10.6 Å². The number of aromatic amines is 1. The molecule has 7 heteroatoms. The second-order valence-electron chi connectivity index (χ2n) is 6.11. The normalized spacial score (nSPS) is 14.0. The fraction of sp³-hybridized carbons (Fsp3) is 0.438. The van der Waals surface area contributed by atoms with Crippen LogP contribution in [-0.2, 0) is 6.54 Å². The zero-order chi connectivity index (χ0) is 16.4. The van der Waals surface area contributed by atoms with Crippen LogP contribution >= 0.6 is 12.2 Å². The highest BCUT2D eigenvalue weighted by Crippen LogP contribution is 2.35. The number of nitrogens with zero attached hydrogens (tertiary/aromatic N) is 2. The van der Waals surface area contributed by atoms with Crippen molar-refractivity contribution in [2.45, 2.75) is 45.3 Å². The van der Waals surface area contributed by atoms with E-state index in [1.165, 1.54) is 0 Å². The summed E-state index contributed by atoms with van der Waals surface area (Å²) >= 11 is 5.24. The molecule has 1 saturated carbocycles. The molecule has 1 aromatic carbocycles. The number of carbonyl (C=O) groups excluding carboxylic acids is 1. The van der Waals surface area contributed by atoms with E-state index in [-0.39, 0.29) is 5.91 Å². The van der Waals surface area contributed by atoms with Gasteiger partial charge in [0, 0.05) is 23.3 Å². The minimum absolute atomic E-state index is 0.117. The predicted octanol–water partition coefficient (Wildman–Crippen LogP) is 3.03. The maximum absolute atomic E-state index is 12.3. The summed E-state index contributed by atoms with van der Waals surface area (Å²) in [5.74, 6) is 0.663. The fourth-order valence-corrected chi connectivity index (χ4v) is 2.82. The first-order valence-electron chi connectivity index (χ1n) is 7.85. The lowest BCUT2D eigenvalue weighted by molar-refractivity contribution is 0.0949. The summed E-state index contributed by atoms with van der Waals surface area (Å²) in [7, 11) is 0. The third-order valence-corrected chi connectivity index (χ3v) is 3.96. The van der Waals surface area contributed by atoms with Gasteiger partial charge in [0.2, 0.25) is 0 Å². The van der Waals surface area contributed by atoms with E-state index in [2.05, 4.69) is 34.7 Å². The van der Waals surface area contributed by atoms with E-state index in [9.17, 15) is 4.79 Å². The summed E-state index contributed by atoms with van der Waals surface area (Å²) in [4.78, 5) is 12.3. The van der Waals surface area contributed by atoms with Gasteiger partial charge in [-0.15, -0.1) is 0 Å². The monoisotopic (exact) mass is 331 g/mol. The molecule has 0 unspecified atom stereocenters. The zero-order valence-electron chi connectivity index (χ0n) is 13.3. The molecular formula is C16H21N5OS. The zero-order valence-corrected chi connectivity index (χ0v) is 14.1. The van der Waals surface area contributed by atoms with Gasteiger partial charge in [-0.1, -0.05) is 6.07 Å². The average molecular weight is 331 g/mol. The summed E-state index contributed by atoms with van der Waals surface area (Å²) in [6.45, 7) is 4.49. The molecule has 0 aliphatic heterocycles. The standard InChI is InChI=1S/C16H21N5OS/c1-10(2)18-12-5-3-4-11(8-12)15(22)17-9-14-19-20-16(23)21(14)13-6-7-13/h3-5,8,10,13,18H,6-7,9H2,1-2H3,(H,17,22)(H,20,23). The Labute approximate surface area is 140 Å². The van der Waals surface area contributed by atoms with Crippen molar-refractivity contribution in [1.82, 2.24) is 20.1 Å². The minimum Gasteiger partial charge on any atom is -0.383 e. The van der Waals surface area contributed by atoms with Gasteiger partial charge in [-0.2, -0.15) is 5.10 Å². The highest BCUT2D eigenvalue weighted by Gasteiger charge is 2.27. The summed E-state index contributed by atoms with van der Waals surface area (Å²) in [5, 5.41) is 13.2. The molecule has 122 valence electrons. The molecule has 23 heavy (non-hydrogen) atoms. The maximum atomic E-state index is 12.3.